The number of allylic oxidation sites excluding steroid dienone is 6. The summed E-state index contributed by atoms with van der Waals surface area (Å²) < 4.78 is 0. The van der Waals surface area contributed by atoms with Crippen LogP contribution in [0.3, 0.4) is 0 Å². The number of rotatable bonds is 10. The van der Waals surface area contributed by atoms with E-state index in [4.69, 9.17) is 0 Å². The van der Waals surface area contributed by atoms with E-state index in [9.17, 15) is 20.4 Å². The van der Waals surface area contributed by atoms with Gasteiger partial charge in [-0.3, -0.25) is 0 Å². The Morgan fingerprint density at radius 2 is 1.21 bits per heavy atom. The molecule has 0 aliphatic carbocycles. The minimum absolute atomic E-state index is 0.0255. The van der Waals surface area contributed by atoms with Crippen LogP contribution in [0.25, 0.3) is 12.2 Å². The quantitative estimate of drug-likeness (QED) is 0.171. The van der Waals surface area contributed by atoms with Crippen molar-refractivity contribution < 1.29 is 20.4 Å². The average Bonchev–Trinajstić information content (AvgIpc) is 2.72. The third-order valence-corrected chi connectivity index (χ3v) is 5.38. The minimum Gasteiger partial charge on any atom is -0.508 e. The van der Waals surface area contributed by atoms with Crippen molar-refractivity contribution in [1.82, 2.24) is 0 Å². The van der Waals surface area contributed by atoms with Gasteiger partial charge in [0, 0.05) is 11.6 Å². The number of aromatic hydroxyl groups is 4. The Hall–Kier alpha value is -3.40. The highest BCUT2D eigenvalue weighted by atomic mass is 16.3. The largest absolute Gasteiger partial charge is 0.508 e. The first-order chi connectivity index (χ1) is 15.6. The predicted molar refractivity (Wildman–Crippen MR) is 138 cm³/mol. The van der Waals surface area contributed by atoms with E-state index in [1.165, 1.54) is 41.0 Å². The molecule has 0 aliphatic heterocycles. The van der Waals surface area contributed by atoms with E-state index in [-0.39, 0.29) is 23.0 Å². The van der Waals surface area contributed by atoms with E-state index < -0.39 is 0 Å². The zero-order chi connectivity index (χ0) is 24.4. The molecule has 0 radical (unpaired) electrons. The van der Waals surface area contributed by atoms with Crippen molar-refractivity contribution in [2.75, 3.05) is 0 Å². The van der Waals surface area contributed by atoms with Gasteiger partial charge in [0.1, 0.15) is 11.5 Å². The van der Waals surface area contributed by atoms with Crippen LogP contribution in [-0.2, 0) is 6.42 Å². The van der Waals surface area contributed by atoms with E-state index >= 15 is 0 Å². The van der Waals surface area contributed by atoms with Gasteiger partial charge in [0.25, 0.3) is 0 Å². The van der Waals surface area contributed by atoms with E-state index in [1.807, 2.05) is 6.07 Å². The molecule has 0 aliphatic rings. The van der Waals surface area contributed by atoms with Crippen molar-refractivity contribution in [3.63, 3.8) is 0 Å². The van der Waals surface area contributed by atoms with Crippen molar-refractivity contribution in [3.05, 3.63) is 82.0 Å². The SMILES string of the molecule is CC(C)=CCC/C(C)=C/CC/C(C)=C/Cc1cc(/C=C/c2cc(O)cc(O)c2)cc(O)c1O. The molecule has 0 spiro atoms. The predicted octanol–water partition coefficient (Wildman–Crippen LogP) is 7.64. The van der Waals surface area contributed by atoms with Gasteiger partial charge in [-0.1, -0.05) is 47.1 Å². The maximum atomic E-state index is 10.3. The Bertz CT molecular complexity index is 1050. The highest BCUT2D eigenvalue weighted by Crippen LogP contribution is 2.32. The van der Waals surface area contributed by atoms with Crippen LogP contribution >= 0.6 is 0 Å². The van der Waals surface area contributed by atoms with Crippen LogP contribution in [0.15, 0.2) is 65.3 Å². The van der Waals surface area contributed by atoms with Crippen molar-refractivity contribution >= 4 is 12.2 Å². The molecule has 33 heavy (non-hydrogen) atoms. The van der Waals surface area contributed by atoms with Crippen molar-refractivity contribution in [1.29, 1.82) is 0 Å². The first kappa shape index (κ1) is 25.9. The van der Waals surface area contributed by atoms with E-state index in [0.29, 0.717) is 23.1 Å². The van der Waals surface area contributed by atoms with Gasteiger partial charge in [0.2, 0.25) is 0 Å². The Balaban J connectivity index is 2.02. The summed E-state index contributed by atoms with van der Waals surface area (Å²) in [5, 5.41) is 39.6. The molecular formula is C29H36O4. The fourth-order valence-electron chi connectivity index (χ4n) is 3.48. The second-order valence-electron chi connectivity index (χ2n) is 8.83. The Morgan fingerprint density at radius 1 is 0.667 bits per heavy atom. The molecule has 0 fully saturated rings. The van der Waals surface area contributed by atoms with Crippen molar-refractivity contribution in [2.45, 2.75) is 59.8 Å². The topological polar surface area (TPSA) is 80.9 Å². The molecule has 0 aromatic heterocycles. The summed E-state index contributed by atoms with van der Waals surface area (Å²) >= 11 is 0. The maximum Gasteiger partial charge on any atom is 0.161 e. The van der Waals surface area contributed by atoms with Gasteiger partial charge < -0.3 is 20.4 Å². The lowest BCUT2D eigenvalue weighted by Crippen LogP contribution is -1.88. The second-order valence-corrected chi connectivity index (χ2v) is 8.83. The molecule has 4 heteroatoms. The van der Waals surface area contributed by atoms with Crippen LogP contribution in [-0.4, -0.2) is 20.4 Å². The van der Waals surface area contributed by atoms with Gasteiger partial charge in [-0.25, -0.2) is 0 Å². The van der Waals surface area contributed by atoms with E-state index in [1.54, 1.807) is 12.2 Å². The van der Waals surface area contributed by atoms with Crippen molar-refractivity contribution in [2.24, 2.45) is 0 Å². The lowest BCUT2D eigenvalue weighted by atomic mass is 10.0. The summed E-state index contributed by atoms with van der Waals surface area (Å²) in [4.78, 5) is 0. The zero-order valence-electron chi connectivity index (χ0n) is 20.1. The third kappa shape index (κ3) is 9.32. The van der Waals surface area contributed by atoms with Gasteiger partial charge in [-0.15, -0.1) is 0 Å². The van der Waals surface area contributed by atoms with Crippen LogP contribution in [0.4, 0.5) is 0 Å². The molecule has 0 amide bonds. The summed E-state index contributed by atoms with van der Waals surface area (Å²) in [5.41, 5.74) is 5.97. The molecule has 0 saturated heterocycles. The molecule has 0 unspecified atom stereocenters. The fraction of sp³-hybridized carbons (Fsp3) is 0.310. The zero-order valence-corrected chi connectivity index (χ0v) is 20.1. The smallest absolute Gasteiger partial charge is 0.161 e. The Morgan fingerprint density at radius 3 is 1.82 bits per heavy atom. The lowest BCUT2D eigenvalue weighted by Gasteiger charge is -2.08. The summed E-state index contributed by atoms with van der Waals surface area (Å²) in [5.74, 6) is -0.335. The molecule has 2 aromatic carbocycles. The monoisotopic (exact) mass is 448 g/mol. The van der Waals surface area contributed by atoms with E-state index in [2.05, 4.69) is 45.9 Å². The maximum absolute atomic E-state index is 10.3. The van der Waals surface area contributed by atoms with Crippen LogP contribution in [0.5, 0.6) is 23.0 Å². The van der Waals surface area contributed by atoms with Crippen LogP contribution in [0.2, 0.25) is 0 Å². The average molecular weight is 449 g/mol. The van der Waals surface area contributed by atoms with Crippen LogP contribution in [0.1, 0.15) is 70.1 Å². The van der Waals surface area contributed by atoms with Gasteiger partial charge in [0.15, 0.2) is 11.5 Å². The molecule has 2 aromatic rings. The Labute approximate surface area is 197 Å². The molecule has 176 valence electrons. The summed E-state index contributed by atoms with van der Waals surface area (Å²) in [7, 11) is 0. The molecule has 0 heterocycles. The van der Waals surface area contributed by atoms with Crippen LogP contribution in [0, 0.1) is 0 Å². The molecule has 0 bridgehead atoms. The summed E-state index contributed by atoms with van der Waals surface area (Å²) in [6.07, 6.45) is 14.8. The lowest BCUT2D eigenvalue weighted by molar-refractivity contribution is 0.400. The van der Waals surface area contributed by atoms with Gasteiger partial charge in [0.05, 0.1) is 0 Å². The number of hydrogen-bond acceptors (Lipinski definition) is 4. The third-order valence-electron chi connectivity index (χ3n) is 5.38. The number of phenols is 4. The minimum atomic E-state index is -0.174. The molecule has 4 nitrogen and oxygen atoms in total. The molecule has 0 saturated carbocycles. The van der Waals surface area contributed by atoms with Crippen LogP contribution < -0.4 is 0 Å². The van der Waals surface area contributed by atoms with Gasteiger partial charge in [-0.2, -0.15) is 0 Å². The highest BCUT2D eigenvalue weighted by molar-refractivity contribution is 5.72. The number of phenolic OH excluding ortho intramolecular Hbond substituents is 4. The summed E-state index contributed by atoms with van der Waals surface area (Å²) in [6.45, 7) is 8.51. The van der Waals surface area contributed by atoms with E-state index in [0.717, 1.165) is 25.7 Å². The number of benzene rings is 2. The molecule has 4 N–H and O–H groups in total. The second kappa shape index (κ2) is 12.6. The molecule has 2 rings (SSSR count). The summed E-state index contributed by atoms with van der Waals surface area (Å²) in [6, 6.07) is 7.63. The Kier molecular flexibility index (Phi) is 9.86. The molecular weight excluding hydrogens is 412 g/mol. The first-order valence-electron chi connectivity index (χ1n) is 11.3. The molecule has 0 atom stereocenters. The number of hydrogen-bond donors (Lipinski definition) is 4. The van der Waals surface area contributed by atoms with Gasteiger partial charge in [-0.05, 0) is 95.2 Å². The standard InChI is InChI=1S/C29H36O4/c1-20(2)7-5-8-21(3)9-6-10-22(4)11-14-25-15-23(18-28(32)29(25)33)12-13-24-16-26(30)19-27(31)17-24/h7,9,11-13,15-19,30-33H,5-6,8,10,14H2,1-4H3/b13-12+,21-9+,22-11+. The first-order valence-corrected chi connectivity index (χ1v) is 11.3. The van der Waals surface area contributed by atoms with Crippen molar-refractivity contribution in [3.8, 4) is 23.0 Å². The fourth-order valence-corrected chi connectivity index (χ4v) is 3.48. The highest BCUT2D eigenvalue weighted by Gasteiger charge is 2.08. The van der Waals surface area contributed by atoms with Gasteiger partial charge >= 0.3 is 0 Å². The normalized spacial score (nSPS) is 12.4.